The van der Waals surface area contributed by atoms with Crippen LogP contribution < -0.4 is 10.1 Å². The lowest BCUT2D eigenvalue weighted by Crippen LogP contribution is -2.21. The van der Waals surface area contributed by atoms with Crippen LogP contribution in [0.1, 0.15) is 10.4 Å². The molecule has 0 aliphatic carbocycles. The molecule has 172 valence electrons. The Kier molecular flexibility index (Phi) is 6.84. The van der Waals surface area contributed by atoms with Crippen molar-refractivity contribution in [2.24, 2.45) is 0 Å². The Hall–Kier alpha value is -4.24. The molecule has 0 aliphatic heterocycles. The van der Waals surface area contributed by atoms with E-state index < -0.39 is 24.3 Å². The highest BCUT2D eigenvalue weighted by Crippen LogP contribution is 2.27. The second kappa shape index (κ2) is 10.1. The van der Waals surface area contributed by atoms with Crippen LogP contribution in [0.5, 0.6) is 5.75 Å². The zero-order valence-corrected chi connectivity index (χ0v) is 18.6. The molecule has 4 aromatic rings. The molecule has 0 aliphatic rings. The van der Waals surface area contributed by atoms with Crippen molar-refractivity contribution in [3.8, 4) is 22.7 Å². The Morgan fingerprint density at radius 1 is 1.12 bits per heavy atom. The van der Waals surface area contributed by atoms with Crippen molar-refractivity contribution in [3.05, 3.63) is 89.6 Å². The Morgan fingerprint density at radius 2 is 1.91 bits per heavy atom. The lowest BCUT2D eigenvalue weighted by atomic mass is 10.1. The Morgan fingerprint density at radius 3 is 2.65 bits per heavy atom. The molecule has 0 bridgehead atoms. The third-order valence-electron chi connectivity index (χ3n) is 4.74. The van der Waals surface area contributed by atoms with Crippen molar-refractivity contribution in [1.29, 1.82) is 0 Å². The number of benzene rings is 2. The van der Waals surface area contributed by atoms with Crippen molar-refractivity contribution in [2.45, 2.75) is 0 Å². The van der Waals surface area contributed by atoms with Crippen LogP contribution in [-0.4, -0.2) is 40.4 Å². The fraction of sp³-hybridized carbons (Fsp3) is 0.0833. The van der Waals surface area contributed by atoms with Gasteiger partial charge in [-0.25, -0.2) is 18.9 Å². The molecule has 0 atom stereocenters. The summed E-state index contributed by atoms with van der Waals surface area (Å²) in [6, 6.07) is 15.8. The van der Waals surface area contributed by atoms with Gasteiger partial charge in [0.25, 0.3) is 5.91 Å². The quantitative estimate of drug-likeness (QED) is 0.308. The smallest absolute Gasteiger partial charge is 0.342 e. The Bertz CT molecular complexity index is 1340. The summed E-state index contributed by atoms with van der Waals surface area (Å²) in [4.78, 5) is 29.0. The molecule has 0 saturated carbocycles. The van der Waals surface area contributed by atoms with E-state index >= 15 is 0 Å². The van der Waals surface area contributed by atoms with E-state index in [1.807, 2.05) is 0 Å². The molecule has 1 amide bonds. The average Bonchev–Trinajstić information content (AvgIpc) is 3.30. The number of aromatic nitrogens is 3. The number of carbonyl (C=O) groups is 2. The maximum Gasteiger partial charge on any atom is 0.342 e. The fourth-order valence-electron chi connectivity index (χ4n) is 3.11. The number of methoxy groups -OCH3 is 1. The van der Waals surface area contributed by atoms with Crippen LogP contribution in [0.3, 0.4) is 0 Å². The van der Waals surface area contributed by atoms with Gasteiger partial charge in [0.1, 0.15) is 22.8 Å². The normalized spacial score (nSPS) is 10.6. The monoisotopic (exact) mass is 480 g/mol. The molecule has 0 fully saturated rings. The van der Waals surface area contributed by atoms with Crippen molar-refractivity contribution < 1.29 is 23.5 Å². The molecule has 10 heteroatoms. The van der Waals surface area contributed by atoms with Gasteiger partial charge in [0, 0.05) is 18.0 Å². The lowest BCUT2D eigenvalue weighted by molar-refractivity contribution is -0.119. The van der Waals surface area contributed by atoms with Crippen LogP contribution in [0.15, 0.2) is 73.1 Å². The first-order valence-electron chi connectivity index (χ1n) is 10.0. The maximum atomic E-state index is 13.4. The number of ether oxygens (including phenoxy) is 2. The van der Waals surface area contributed by atoms with Crippen molar-refractivity contribution >= 4 is 29.2 Å². The van der Waals surface area contributed by atoms with Gasteiger partial charge in [-0.15, -0.1) is 0 Å². The molecule has 0 unspecified atom stereocenters. The Labute approximate surface area is 198 Å². The van der Waals surface area contributed by atoms with Gasteiger partial charge in [0.2, 0.25) is 0 Å². The van der Waals surface area contributed by atoms with Gasteiger partial charge in [-0.2, -0.15) is 5.10 Å². The number of nitrogens with zero attached hydrogens (tertiary/aromatic N) is 3. The molecular formula is C24H18ClFN4O4. The van der Waals surface area contributed by atoms with Gasteiger partial charge in [-0.3, -0.25) is 4.79 Å². The number of carbonyl (C=O) groups excluding carboxylic acids is 2. The highest BCUT2D eigenvalue weighted by molar-refractivity contribution is 6.32. The highest BCUT2D eigenvalue weighted by atomic mass is 35.5. The van der Waals surface area contributed by atoms with E-state index in [1.165, 1.54) is 48.5 Å². The van der Waals surface area contributed by atoms with Gasteiger partial charge >= 0.3 is 5.97 Å². The summed E-state index contributed by atoms with van der Waals surface area (Å²) >= 11 is 5.93. The molecule has 0 saturated heterocycles. The summed E-state index contributed by atoms with van der Waals surface area (Å²) in [5.41, 5.74) is 1.85. The minimum absolute atomic E-state index is 0.114. The summed E-state index contributed by atoms with van der Waals surface area (Å²) in [6.07, 6.45) is 2.94. The van der Waals surface area contributed by atoms with E-state index in [0.717, 1.165) is 0 Å². The molecule has 2 aromatic carbocycles. The van der Waals surface area contributed by atoms with Gasteiger partial charge in [0.15, 0.2) is 11.8 Å². The number of hydrogen-bond acceptors (Lipinski definition) is 6. The van der Waals surface area contributed by atoms with Crippen molar-refractivity contribution in [3.63, 3.8) is 0 Å². The zero-order valence-electron chi connectivity index (χ0n) is 17.9. The first-order valence-corrected chi connectivity index (χ1v) is 10.4. The summed E-state index contributed by atoms with van der Waals surface area (Å²) in [5.74, 6) is -1.18. The van der Waals surface area contributed by atoms with Crippen LogP contribution in [0.4, 0.5) is 10.1 Å². The van der Waals surface area contributed by atoms with Crippen LogP contribution in [-0.2, 0) is 9.53 Å². The van der Waals surface area contributed by atoms with E-state index in [-0.39, 0.29) is 10.7 Å². The van der Waals surface area contributed by atoms with Gasteiger partial charge in [-0.05, 0) is 48.5 Å². The number of rotatable bonds is 7. The van der Waals surface area contributed by atoms with Gasteiger partial charge in [-0.1, -0.05) is 23.7 Å². The second-order valence-corrected chi connectivity index (χ2v) is 7.37. The third-order valence-corrected chi connectivity index (χ3v) is 5.04. The van der Waals surface area contributed by atoms with Gasteiger partial charge < -0.3 is 14.8 Å². The molecule has 0 spiro atoms. The standard InChI is InChI=1S/C24H18ClFN4O4/c1-33-18-5-2-4-15(12-18)22-19(13-30(29-22)17-9-7-16(26)8-10-17)24(32)34-14-21(31)28-20-6-3-11-27-23(20)25/h2-13H,14H2,1H3,(H,28,31). The number of amides is 1. The number of esters is 1. The summed E-state index contributed by atoms with van der Waals surface area (Å²) < 4.78 is 25.3. The summed E-state index contributed by atoms with van der Waals surface area (Å²) in [7, 11) is 1.53. The SMILES string of the molecule is COc1cccc(-c2nn(-c3ccc(F)cc3)cc2C(=O)OCC(=O)Nc2cccnc2Cl)c1. The Balaban J connectivity index is 1.59. The molecule has 34 heavy (non-hydrogen) atoms. The molecule has 2 heterocycles. The van der Waals surface area contributed by atoms with Crippen molar-refractivity contribution in [1.82, 2.24) is 14.8 Å². The summed E-state index contributed by atoms with van der Waals surface area (Å²) in [5, 5.41) is 7.14. The molecule has 4 rings (SSSR count). The lowest BCUT2D eigenvalue weighted by Gasteiger charge is -2.08. The number of nitrogens with one attached hydrogen (secondary N) is 1. The first-order chi connectivity index (χ1) is 16.4. The molecule has 0 radical (unpaired) electrons. The van der Waals surface area contributed by atoms with E-state index in [1.54, 1.807) is 36.4 Å². The van der Waals surface area contributed by atoms with Crippen LogP contribution in [0.25, 0.3) is 16.9 Å². The van der Waals surface area contributed by atoms with Crippen LogP contribution >= 0.6 is 11.6 Å². The maximum absolute atomic E-state index is 13.4. The first kappa shape index (κ1) is 22.9. The molecule has 2 aromatic heterocycles. The number of pyridine rings is 1. The topological polar surface area (TPSA) is 95.3 Å². The highest BCUT2D eigenvalue weighted by Gasteiger charge is 2.21. The van der Waals surface area contributed by atoms with E-state index in [9.17, 15) is 14.0 Å². The molecule has 8 nitrogen and oxygen atoms in total. The predicted molar refractivity (Wildman–Crippen MR) is 124 cm³/mol. The average molecular weight is 481 g/mol. The number of halogens is 2. The van der Waals surface area contributed by atoms with E-state index in [4.69, 9.17) is 21.1 Å². The van der Waals surface area contributed by atoms with Crippen LogP contribution in [0, 0.1) is 5.82 Å². The number of anilines is 1. The van der Waals surface area contributed by atoms with Crippen LogP contribution in [0.2, 0.25) is 5.15 Å². The minimum atomic E-state index is -0.765. The second-order valence-electron chi connectivity index (χ2n) is 7.01. The number of hydrogen-bond donors (Lipinski definition) is 1. The molecule has 1 N–H and O–H groups in total. The third kappa shape index (κ3) is 5.21. The zero-order chi connectivity index (χ0) is 24.1. The summed E-state index contributed by atoms with van der Waals surface area (Å²) in [6.45, 7) is -0.552. The largest absolute Gasteiger partial charge is 0.497 e. The van der Waals surface area contributed by atoms with E-state index in [2.05, 4.69) is 15.4 Å². The van der Waals surface area contributed by atoms with E-state index in [0.29, 0.717) is 28.4 Å². The molecular weight excluding hydrogens is 463 g/mol. The predicted octanol–water partition coefficient (Wildman–Crippen LogP) is 4.53. The minimum Gasteiger partial charge on any atom is -0.497 e. The van der Waals surface area contributed by atoms with Gasteiger partial charge in [0.05, 0.1) is 18.5 Å². The van der Waals surface area contributed by atoms with Crippen molar-refractivity contribution in [2.75, 3.05) is 19.0 Å². The fourth-order valence-corrected chi connectivity index (χ4v) is 3.27.